The highest BCUT2D eigenvalue weighted by molar-refractivity contribution is 7.10. The molecule has 2 saturated heterocycles. The second kappa shape index (κ2) is 5.88. The maximum absolute atomic E-state index is 12.4. The summed E-state index contributed by atoms with van der Waals surface area (Å²) in [5.41, 5.74) is 6.27. The second-order valence-electron chi connectivity index (χ2n) is 5.25. The summed E-state index contributed by atoms with van der Waals surface area (Å²) >= 11 is 1.56. The van der Waals surface area contributed by atoms with Crippen molar-refractivity contribution >= 4 is 23.2 Å². The first kappa shape index (κ1) is 14.1. The van der Waals surface area contributed by atoms with Crippen LogP contribution in [0.4, 0.5) is 0 Å². The SMILES string of the molecule is NCC#Cc1csc(CN2CC(=O)N3CCCC3C2=O)c1. The van der Waals surface area contributed by atoms with Crippen LogP contribution in [-0.4, -0.2) is 47.3 Å². The van der Waals surface area contributed by atoms with Crippen LogP contribution in [-0.2, 0) is 16.1 Å². The third-order valence-electron chi connectivity index (χ3n) is 3.83. The molecule has 5 nitrogen and oxygen atoms in total. The first-order valence-corrected chi connectivity index (χ1v) is 7.91. The molecule has 110 valence electrons. The number of thiophene rings is 1. The molecular formula is C15H17N3O2S. The van der Waals surface area contributed by atoms with E-state index >= 15 is 0 Å². The Hall–Kier alpha value is -1.84. The number of carbonyl (C=O) groups is 2. The molecule has 1 atom stereocenters. The number of fused-ring (bicyclic) bond motifs is 1. The number of carbonyl (C=O) groups excluding carboxylic acids is 2. The predicted molar refractivity (Wildman–Crippen MR) is 80.4 cm³/mol. The van der Waals surface area contributed by atoms with E-state index in [0.29, 0.717) is 13.1 Å². The summed E-state index contributed by atoms with van der Waals surface area (Å²) in [4.78, 5) is 28.9. The van der Waals surface area contributed by atoms with Crippen molar-refractivity contribution in [2.24, 2.45) is 5.73 Å². The fourth-order valence-corrected chi connectivity index (χ4v) is 3.70. The van der Waals surface area contributed by atoms with Crippen molar-refractivity contribution in [2.45, 2.75) is 25.4 Å². The summed E-state index contributed by atoms with van der Waals surface area (Å²) in [6, 6.07) is 1.73. The normalized spacial score (nSPS) is 21.3. The topological polar surface area (TPSA) is 66.6 Å². The molecule has 0 radical (unpaired) electrons. The van der Waals surface area contributed by atoms with Crippen molar-refractivity contribution < 1.29 is 9.59 Å². The minimum Gasteiger partial charge on any atom is -0.329 e. The minimum atomic E-state index is -0.234. The van der Waals surface area contributed by atoms with E-state index in [1.54, 1.807) is 21.1 Å². The highest BCUT2D eigenvalue weighted by Gasteiger charge is 2.41. The Balaban J connectivity index is 1.71. The van der Waals surface area contributed by atoms with E-state index in [0.717, 1.165) is 29.8 Å². The Labute approximate surface area is 127 Å². The van der Waals surface area contributed by atoms with Gasteiger partial charge >= 0.3 is 0 Å². The van der Waals surface area contributed by atoms with Crippen molar-refractivity contribution in [1.82, 2.24) is 9.80 Å². The van der Waals surface area contributed by atoms with Gasteiger partial charge in [-0.25, -0.2) is 0 Å². The second-order valence-corrected chi connectivity index (χ2v) is 6.24. The van der Waals surface area contributed by atoms with E-state index in [4.69, 9.17) is 5.73 Å². The molecule has 0 saturated carbocycles. The van der Waals surface area contributed by atoms with Gasteiger partial charge in [-0.1, -0.05) is 11.8 Å². The van der Waals surface area contributed by atoms with E-state index in [1.807, 2.05) is 11.4 Å². The highest BCUT2D eigenvalue weighted by atomic mass is 32.1. The molecule has 0 spiro atoms. The number of piperazine rings is 1. The van der Waals surface area contributed by atoms with Gasteiger partial charge in [-0.3, -0.25) is 9.59 Å². The zero-order valence-electron chi connectivity index (χ0n) is 11.7. The van der Waals surface area contributed by atoms with Crippen molar-refractivity contribution in [3.05, 3.63) is 21.9 Å². The Morgan fingerprint density at radius 1 is 1.43 bits per heavy atom. The number of nitrogens with zero attached hydrogens (tertiary/aromatic N) is 2. The quantitative estimate of drug-likeness (QED) is 0.804. The van der Waals surface area contributed by atoms with Gasteiger partial charge in [0.15, 0.2) is 0 Å². The summed E-state index contributed by atoms with van der Waals surface area (Å²) in [5, 5.41) is 1.95. The zero-order chi connectivity index (χ0) is 14.8. The standard InChI is InChI=1S/C15H17N3O2S/c16-5-1-3-11-7-12(21-10-11)8-17-9-14(19)18-6-2-4-13(18)15(17)20/h7,10,13H,2,4-6,8-9,16H2. The Kier molecular flexibility index (Phi) is 3.95. The lowest BCUT2D eigenvalue weighted by Crippen LogP contribution is -2.56. The van der Waals surface area contributed by atoms with Gasteiger partial charge in [0, 0.05) is 22.4 Å². The van der Waals surface area contributed by atoms with Gasteiger partial charge < -0.3 is 15.5 Å². The number of nitrogens with two attached hydrogens (primary N) is 1. The van der Waals surface area contributed by atoms with Crippen LogP contribution in [0.25, 0.3) is 0 Å². The van der Waals surface area contributed by atoms with E-state index in [2.05, 4.69) is 11.8 Å². The summed E-state index contributed by atoms with van der Waals surface area (Å²) in [6.07, 6.45) is 1.71. The molecular weight excluding hydrogens is 286 g/mol. The molecule has 2 aliphatic rings. The average Bonchev–Trinajstić information content (AvgIpc) is 3.11. The van der Waals surface area contributed by atoms with E-state index in [9.17, 15) is 9.59 Å². The molecule has 1 aromatic rings. The molecule has 0 aliphatic carbocycles. The lowest BCUT2D eigenvalue weighted by molar-refractivity contribution is -0.154. The van der Waals surface area contributed by atoms with Gasteiger partial charge in [-0.2, -0.15) is 0 Å². The van der Waals surface area contributed by atoms with Gasteiger partial charge in [0.2, 0.25) is 11.8 Å². The van der Waals surface area contributed by atoms with Crippen LogP contribution in [0, 0.1) is 11.8 Å². The first-order chi connectivity index (χ1) is 10.2. The summed E-state index contributed by atoms with van der Waals surface area (Å²) in [7, 11) is 0. The predicted octanol–water partition coefficient (Wildman–Crippen LogP) is 0.391. The van der Waals surface area contributed by atoms with E-state index in [-0.39, 0.29) is 24.4 Å². The Morgan fingerprint density at radius 3 is 3.10 bits per heavy atom. The largest absolute Gasteiger partial charge is 0.329 e. The smallest absolute Gasteiger partial charge is 0.246 e. The molecule has 0 bridgehead atoms. The van der Waals surface area contributed by atoms with Crippen LogP contribution >= 0.6 is 11.3 Å². The van der Waals surface area contributed by atoms with Gasteiger partial charge in [0.05, 0.1) is 13.1 Å². The molecule has 21 heavy (non-hydrogen) atoms. The lowest BCUT2D eigenvalue weighted by Gasteiger charge is -2.36. The molecule has 1 unspecified atom stereocenters. The monoisotopic (exact) mass is 303 g/mol. The first-order valence-electron chi connectivity index (χ1n) is 7.03. The molecule has 6 heteroatoms. The van der Waals surface area contributed by atoms with Crippen LogP contribution < -0.4 is 5.73 Å². The van der Waals surface area contributed by atoms with Gasteiger partial charge in [-0.05, 0) is 18.9 Å². The van der Waals surface area contributed by atoms with Gasteiger partial charge in [0.1, 0.15) is 12.6 Å². The minimum absolute atomic E-state index is 0.0665. The third-order valence-corrected chi connectivity index (χ3v) is 4.75. The number of hydrogen-bond acceptors (Lipinski definition) is 4. The lowest BCUT2D eigenvalue weighted by atomic mass is 10.1. The van der Waals surface area contributed by atoms with Gasteiger partial charge in [-0.15, -0.1) is 11.3 Å². The molecule has 1 aromatic heterocycles. The molecule has 2 N–H and O–H groups in total. The van der Waals surface area contributed by atoms with Crippen molar-refractivity contribution in [3.63, 3.8) is 0 Å². The number of hydrogen-bond donors (Lipinski definition) is 1. The van der Waals surface area contributed by atoms with E-state index in [1.165, 1.54) is 0 Å². The average molecular weight is 303 g/mol. The molecule has 2 fully saturated rings. The number of amides is 2. The van der Waals surface area contributed by atoms with Crippen LogP contribution in [0.1, 0.15) is 23.3 Å². The maximum atomic E-state index is 12.4. The van der Waals surface area contributed by atoms with Crippen LogP contribution in [0.3, 0.4) is 0 Å². The highest BCUT2D eigenvalue weighted by Crippen LogP contribution is 2.25. The maximum Gasteiger partial charge on any atom is 0.246 e. The van der Waals surface area contributed by atoms with Gasteiger partial charge in [0.25, 0.3) is 0 Å². The summed E-state index contributed by atoms with van der Waals surface area (Å²) < 4.78 is 0. The van der Waals surface area contributed by atoms with Crippen LogP contribution in [0.5, 0.6) is 0 Å². The van der Waals surface area contributed by atoms with Crippen molar-refractivity contribution in [2.75, 3.05) is 19.6 Å². The molecule has 2 amide bonds. The van der Waals surface area contributed by atoms with Crippen LogP contribution in [0.2, 0.25) is 0 Å². The Morgan fingerprint density at radius 2 is 2.29 bits per heavy atom. The zero-order valence-corrected chi connectivity index (χ0v) is 12.5. The molecule has 0 aromatic carbocycles. The fourth-order valence-electron chi connectivity index (χ4n) is 2.87. The molecule has 3 heterocycles. The number of rotatable bonds is 2. The van der Waals surface area contributed by atoms with Crippen molar-refractivity contribution in [1.29, 1.82) is 0 Å². The van der Waals surface area contributed by atoms with Crippen molar-refractivity contribution in [3.8, 4) is 11.8 Å². The summed E-state index contributed by atoms with van der Waals surface area (Å²) in [6.45, 7) is 1.74. The van der Waals surface area contributed by atoms with Crippen LogP contribution in [0.15, 0.2) is 11.4 Å². The summed E-state index contributed by atoms with van der Waals surface area (Å²) in [5.74, 6) is 5.93. The fraction of sp³-hybridized carbons (Fsp3) is 0.467. The molecule has 3 rings (SSSR count). The van der Waals surface area contributed by atoms with E-state index < -0.39 is 0 Å². The Bertz CT molecular complexity index is 628. The third kappa shape index (κ3) is 2.80. The molecule has 2 aliphatic heterocycles.